The SMILES string of the molecule is C=CC[Si](=C[SiH](CC=C)CC=C)CC=C. The fraction of sp³-hybridized carbons (Fsp3) is 0.308. The molecule has 0 N–H and O–H groups in total. The van der Waals surface area contributed by atoms with Gasteiger partial charge in [0.25, 0.3) is 0 Å². The minimum absolute atomic E-state index is 0.384. The van der Waals surface area contributed by atoms with E-state index in [-0.39, 0.29) is 8.41 Å². The van der Waals surface area contributed by atoms with Gasteiger partial charge in [0, 0.05) is 8.41 Å². The summed E-state index contributed by atoms with van der Waals surface area (Å²) in [6, 6.07) is 4.70. The molecule has 82 valence electrons. The maximum Gasteiger partial charge on any atom is 0.0637 e. The molecule has 15 heavy (non-hydrogen) atoms. The Morgan fingerprint density at radius 2 is 1.27 bits per heavy atom. The van der Waals surface area contributed by atoms with E-state index in [1.807, 2.05) is 12.2 Å². The first-order valence-electron chi connectivity index (χ1n) is 5.41. The number of hydrogen-bond donors (Lipinski definition) is 0. The van der Waals surface area contributed by atoms with Gasteiger partial charge in [-0.05, 0) is 24.2 Å². The summed E-state index contributed by atoms with van der Waals surface area (Å²) < 4.78 is 0. The van der Waals surface area contributed by atoms with Gasteiger partial charge in [0.05, 0.1) is 8.80 Å². The molecule has 0 radical (unpaired) electrons. The van der Waals surface area contributed by atoms with Gasteiger partial charge in [-0.1, -0.05) is 24.3 Å². The first-order valence-corrected chi connectivity index (χ1v) is 9.70. The highest BCUT2D eigenvalue weighted by Crippen LogP contribution is 2.01. The molecule has 0 saturated carbocycles. The van der Waals surface area contributed by atoms with E-state index in [1.54, 1.807) is 0 Å². The van der Waals surface area contributed by atoms with E-state index in [4.69, 9.17) is 0 Å². The van der Waals surface area contributed by atoms with Crippen LogP contribution in [0.2, 0.25) is 24.2 Å². The third-order valence-electron chi connectivity index (χ3n) is 2.22. The van der Waals surface area contributed by atoms with Gasteiger partial charge in [0.15, 0.2) is 0 Å². The van der Waals surface area contributed by atoms with E-state index in [9.17, 15) is 0 Å². The van der Waals surface area contributed by atoms with E-state index >= 15 is 0 Å². The Morgan fingerprint density at radius 3 is 1.60 bits per heavy atom. The Morgan fingerprint density at radius 1 is 0.800 bits per heavy atom. The van der Waals surface area contributed by atoms with Crippen molar-refractivity contribution in [2.24, 2.45) is 0 Å². The maximum atomic E-state index is 3.83. The summed E-state index contributed by atoms with van der Waals surface area (Å²) in [5, 5.41) is 2.64. The molecule has 0 aromatic carbocycles. The Bertz CT molecular complexity index is 229. The van der Waals surface area contributed by atoms with Gasteiger partial charge < -0.3 is 0 Å². The van der Waals surface area contributed by atoms with Gasteiger partial charge in [0.1, 0.15) is 0 Å². The van der Waals surface area contributed by atoms with E-state index < -0.39 is 8.80 Å². The zero-order chi connectivity index (χ0) is 11.5. The lowest BCUT2D eigenvalue weighted by Crippen LogP contribution is -2.19. The lowest BCUT2D eigenvalue weighted by molar-refractivity contribution is 1.57. The van der Waals surface area contributed by atoms with Crippen molar-refractivity contribution in [2.45, 2.75) is 24.2 Å². The van der Waals surface area contributed by atoms with Crippen molar-refractivity contribution in [1.82, 2.24) is 0 Å². The highest BCUT2D eigenvalue weighted by Gasteiger charge is 2.04. The van der Waals surface area contributed by atoms with Crippen LogP contribution in [0.4, 0.5) is 0 Å². The van der Waals surface area contributed by atoms with E-state index in [0.29, 0.717) is 0 Å². The van der Waals surface area contributed by atoms with Crippen LogP contribution in [0.25, 0.3) is 0 Å². The van der Waals surface area contributed by atoms with Crippen LogP contribution in [0.3, 0.4) is 0 Å². The highest BCUT2D eigenvalue weighted by molar-refractivity contribution is 7.01. The molecular formula is C13H22Si2. The lowest BCUT2D eigenvalue weighted by Gasteiger charge is -2.08. The van der Waals surface area contributed by atoms with Crippen molar-refractivity contribution < 1.29 is 0 Å². The van der Waals surface area contributed by atoms with E-state index in [2.05, 4.69) is 43.8 Å². The predicted octanol–water partition coefficient (Wildman–Crippen LogP) is 3.38. The van der Waals surface area contributed by atoms with Gasteiger partial charge in [-0.25, -0.2) is 0 Å². The van der Waals surface area contributed by atoms with Crippen molar-refractivity contribution >= 4 is 22.5 Å². The summed E-state index contributed by atoms with van der Waals surface area (Å²) in [5.74, 6) is 0. The molecular weight excluding hydrogens is 212 g/mol. The second-order valence-electron chi connectivity index (χ2n) is 3.62. The molecule has 2 heteroatoms. The minimum Gasteiger partial charge on any atom is -0.115 e. The van der Waals surface area contributed by atoms with E-state index in [0.717, 1.165) is 12.1 Å². The third kappa shape index (κ3) is 7.22. The molecule has 0 nitrogen and oxygen atoms in total. The molecule has 0 unspecified atom stereocenters. The first-order chi connectivity index (χ1) is 7.28. The molecule has 0 rings (SSSR count). The second-order valence-corrected chi connectivity index (χ2v) is 9.55. The van der Waals surface area contributed by atoms with Gasteiger partial charge in [-0.15, -0.1) is 31.6 Å². The van der Waals surface area contributed by atoms with Crippen molar-refractivity contribution in [3.8, 4) is 0 Å². The number of allylic oxidation sites excluding steroid dienone is 4. The van der Waals surface area contributed by atoms with Crippen LogP contribution in [0.15, 0.2) is 50.6 Å². The third-order valence-corrected chi connectivity index (χ3v) is 9.50. The van der Waals surface area contributed by atoms with Crippen molar-refractivity contribution in [3.63, 3.8) is 0 Å². The fourth-order valence-electron chi connectivity index (χ4n) is 1.58. The Balaban J connectivity index is 4.52. The number of hydrogen-bond acceptors (Lipinski definition) is 0. The van der Waals surface area contributed by atoms with Crippen LogP contribution in [0, 0.1) is 0 Å². The Kier molecular flexibility index (Phi) is 9.32. The molecule has 0 aliphatic carbocycles. The van der Waals surface area contributed by atoms with Crippen LogP contribution in [0.5, 0.6) is 0 Å². The first kappa shape index (κ1) is 14.3. The van der Waals surface area contributed by atoms with Gasteiger partial charge in [-0.3, -0.25) is 0 Å². The maximum absolute atomic E-state index is 3.83. The lowest BCUT2D eigenvalue weighted by atomic mass is 10.7. The smallest absolute Gasteiger partial charge is 0.0637 e. The second kappa shape index (κ2) is 9.80. The van der Waals surface area contributed by atoms with Crippen LogP contribution in [-0.4, -0.2) is 22.5 Å². The standard InChI is InChI=1S/C13H22Si2/c1-5-9-14(10-6-2)13-15(11-7-3)12-8-4/h5-8,13-14H,1-4,9-12H2. The molecule has 0 fully saturated rings. The van der Waals surface area contributed by atoms with Crippen molar-refractivity contribution in [1.29, 1.82) is 0 Å². The summed E-state index contributed by atoms with van der Waals surface area (Å²) in [7, 11) is -1.15. The molecule has 0 aliphatic rings. The highest BCUT2D eigenvalue weighted by atomic mass is 28.3. The molecule has 0 atom stereocenters. The monoisotopic (exact) mass is 234 g/mol. The minimum atomic E-state index is -0.766. The zero-order valence-corrected chi connectivity index (χ0v) is 11.8. The molecule has 0 heterocycles. The van der Waals surface area contributed by atoms with Crippen molar-refractivity contribution in [3.05, 3.63) is 50.6 Å². The summed E-state index contributed by atoms with van der Waals surface area (Å²) in [4.78, 5) is 0. The molecule has 0 spiro atoms. The molecule has 0 aromatic heterocycles. The molecule has 0 bridgehead atoms. The Labute approximate surface area is 97.6 Å². The largest absolute Gasteiger partial charge is 0.115 e. The summed E-state index contributed by atoms with van der Waals surface area (Å²) in [5.41, 5.74) is 0. The van der Waals surface area contributed by atoms with Crippen molar-refractivity contribution in [2.75, 3.05) is 0 Å². The fourth-order valence-corrected chi connectivity index (χ4v) is 8.38. The normalized spacial score (nSPS) is 9.40. The summed E-state index contributed by atoms with van der Waals surface area (Å²) in [6.07, 6.45) is 8.19. The molecule has 0 saturated heterocycles. The Hall–Kier alpha value is -0.736. The van der Waals surface area contributed by atoms with Crippen LogP contribution >= 0.6 is 0 Å². The average molecular weight is 234 g/mol. The van der Waals surface area contributed by atoms with Crippen LogP contribution in [-0.2, 0) is 0 Å². The van der Waals surface area contributed by atoms with Gasteiger partial charge >= 0.3 is 0 Å². The molecule has 0 aliphatic heterocycles. The van der Waals surface area contributed by atoms with Crippen LogP contribution < -0.4 is 0 Å². The predicted molar refractivity (Wildman–Crippen MR) is 79.0 cm³/mol. The summed E-state index contributed by atoms with van der Waals surface area (Å²) >= 11 is 0. The topological polar surface area (TPSA) is 0 Å². The van der Waals surface area contributed by atoms with Gasteiger partial charge in [0.2, 0.25) is 0 Å². The van der Waals surface area contributed by atoms with Gasteiger partial charge in [-0.2, -0.15) is 0 Å². The number of rotatable bonds is 9. The molecule has 0 aromatic rings. The van der Waals surface area contributed by atoms with E-state index in [1.165, 1.54) is 12.1 Å². The zero-order valence-electron chi connectivity index (χ0n) is 9.62. The van der Waals surface area contributed by atoms with Crippen LogP contribution in [0.1, 0.15) is 0 Å². The quantitative estimate of drug-likeness (QED) is 0.424. The average Bonchev–Trinajstić information content (AvgIpc) is 2.19. The molecule has 0 amide bonds. The summed E-state index contributed by atoms with van der Waals surface area (Å²) in [6.45, 7) is 15.3.